The molecule has 2 aromatic carbocycles. The molecule has 0 spiro atoms. The number of carbonyl (C=O) groups excluding carboxylic acids is 2. The van der Waals surface area contributed by atoms with Gasteiger partial charge >= 0.3 is 0 Å². The lowest BCUT2D eigenvalue weighted by Gasteiger charge is -2.28. The number of nitrogens with zero attached hydrogens (tertiary/aromatic N) is 2. The fraction of sp³-hybridized carbons (Fsp3) is 0.320. The van der Waals surface area contributed by atoms with Gasteiger partial charge in [-0.2, -0.15) is 9.78 Å². The topological polar surface area (TPSA) is 85.2 Å². The van der Waals surface area contributed by atoms with Gasteiger partial charge < -0.3 is 15.4 Å². The second-order valence-corrected chi connectivity index (χ2v) is 8.22. The lowest BCUT2D eigenvalue weighted by Crippen LogP contribution is -2.41. The van der Waals surface area contributed by atoms with Crippen molar-refractivity contribution in [1.29, 1.82) is 0 Å². The van der Waals surface area contributed by atoms with Gasteiger partial charge in [-0.15, -0.1) is 0 Å². The Hall–Kier alpha value is -3.68. The third-order valence-corrected chi connectivity index (χ3v) is 5.93. The van der Waals surface area contributed by atoms with E-state index in [4.69, 9.17) is 4.74 Å². The van der Waals surface area contributed by atoms with Gasteiger partial charge in [0.05, 0.1) is 19.6 Å². The summed E-state index contributed by atoms with van der Waals surface area (Å²) >= 11 is 0. The van der Waals surface area contributed by atoms with E-state index in [0.29, 0.717) is 0 Å². The average molecular weight is 451 g/mol. The molecule has 0 bridgehead atoms. The van der Waals surface area contributed by atoms with Crippen molar-refractivity contribution in [1.82, 2.24) is 20.4 Å². The van der Waals surface area contributed by atoms with Crippen LogP contribution < -0.4 is 15.4 Å². The van der Waals surface area contributed by atoms with Crippen LogP contribution in [0.25, 0.3) is 5.69 Å². The van der Waals surface area contributed by atoms with E-state index in [1.165, 1.54) is 23.9 Å². The standard InChI is InChI=1S/C25H27FN4O3/c1-16-8-3-4-11-18(16)20(14-23(31)27-17-9-7-10-17)28-25(32)21-15-24(33-2)30(29-21)22-13-6-5-12-19(22)26/h3-6,8,11-13,15,17,20H,7,9-10,14H2,1-2H3,(H,27,31)(H,28,32)/t20-/m0/s1. The number of halogens is 1. The highest BCUT2D eigenvalue weighted by atomic mass is 19.1. The summed E-state index contributed by atoms with van der Waals surface area (Å²) in [6.07, 6.45) is 3.20. The highest BCUT2D eigenvalue weighted by Gasteiger charge is 2.26. The SMILES string of the molecule is COc1cc(C(=O)N[C@@H](CC(=O)NC2CCC2)c2ccccc2C)nn1-c1ccccc1F. The van der Waals surface area contributed by atoms with Crippen LogP contribution in [0.5, 0.6) is 5.88 Å². The Labute approximate surface area is 191 Å². The molecule has 1 aliphatic carbocycles. The van der Waals surface area contributed by atoms with Gasteiger partial charge in [0.15, 0.2) is 5.69 Å². The smallest absolute Gasteiger partial charge is 0.272 e. The van der Waals surface area contributed by atoms with Crippen molar-refractivity contribution in [2.75, 3.05) is 7.11 Å². The van der Waals surface area contributed by atoms with Crippen molar-refractivity contribution in [3.05, 3.63) is 77.2 Å². The van der Waals surface area contributed by atoms with Gasteiger partial charge in [0.2, 0.25) is 11.8 Å². The van der Waals surface area contributed by atoms with Gasteiger partial charge in [0.25, 0.3) is 5.91 Å². The largest absolute Gasteiger partial charge is 0.481 e. The maximum Gasteiger partial charge on any atom is 0.272 e. The lowest BCUT2D eigenvalue weighted by atomic mass is 9.92. The molecule has 8 heteroatoms. The van der Waals surface area contributed by atoms with Gasteiger partial charge in [-0.05, 0) is 49.4 Å². The Kier molecular flexibility index (Phi) is 6.72. The van der Waals surface area contributed by atoms with E-state index in [9.17, 15) is 14.0 Å². The Morgan fingerprint density at radius 3 is 2.58 bits per heavy atom. The van der Waals surface area contributed by atoms with Gasteiger partial charge in [0, 0.05) is 12.1 Å². The Morgan fingerprint density at radius 1 is 1.18 bits per heavy atom. The van der Waals surface area contributed by atoms with E-state index in [1.807, 2.05) is 31.2 Å². The number of amides is 2. The van der Waals surface area contributed by atoms with Crippen LogP contribution in [0.4, 0.5) is 4.39 Å². The molecule has 1 fully saturated rings. The van der Waals surface area contributed by atoms with Crippen molar-refractivity contribution in [3.63, 3.8) is 0 Å². The molecule has 4 rings (SSSR count). The van der Waals surface area contributed by atoms with Crippen LogP contribution in [0.1, 0.15) is 53.3 Å². The minimum Gasteiger partial charge on any atom is -0.481 e. The summed E-state index contributed by atoms with van der Waals surface area (Å²) < 4.78 is 20.9. The number of hydrogen-bond acceptors (Lipinski definition) is 4. The summed E-state index contributed by atoms with van der Waals surface area (Å²) in [5.74, 6) is -0.854. The van der Waals surface area contributed by atoms with E-state index in [-0.39, 0.29) is 35.6 Å². The van der Waals surface area contributed by atoms with Gasteiger partial charge in [-0.1, -0.05) is 36.4 Å². The molecule has 2 amide bonds. The fourth-order valence-corrected chi connectivity index (χ4v) is 3.89. The first kappa shape index (κ1) is 22.5. The first-order valence-electron chi connectivity index (χ1n) is 11.0. The molecule has 2 N–H and O–H groups in total. The molecule has 3 aromatic rings. The zero-order valence-electron chi connectivity index (χ0n) is 18.7. The third kappa shape index (κ3) is 5.05. The quantitative estimate of drug-likeness (QED) is 0.546. The molecule has 1 saturated carbocycles. The fourth-order valence-electron chi connectivity index (χ4n) is 3.89. The van der Waals surface area contributed by atoms with Crippen LogP contribution in [0.3, 0.4) is 0 Å². The highest BCUT2D eigenvalue weighted by Crippen LogP contribution is 2.25. The molecule has 0 saturated heterocycles. The predicted molar refractivity (Wildman–Crippen MR) is 122 cm³/mol. The maximum absolute atomic E-state index is 14.3. The number of benzene rings is 2. The van der Waals surface area contributed by atoms with Crippen LogP contribution in [0, 0.1) is 12.7 Å². The molecular formula is C25H27FN4O3. The number of rotatable bonds is 8. The summed E-state index contributed by atoms with van der Waals surface area (Å²) in [6.45, 7) is 1.94. The van der Waals surface area contributed by atoms with E-state index < -0.39 is 17.8 Å². The number of carbonyl (C=O) groups is 2. The minimum absolute atomic E-state index is 0.0630. The molecule has 1 atom stereocenters. The molecule has 1 aromatic heterocycles. The zero-order chi connectivity index (χ0) is 23.4. The first-order chi connectivity index (χ1) is 16.0. The normalized spacial score (nSPS) is 14.3. The maximum atomic E-state index is 14.3. The van der Waals surface area contributed by atoms with E-state index in [0.717, 1.165) is 30.4 Å². The Bertz CT molecular complexity index is 1160. The summed E-state index contributed by atoms with van der Waals surface area (Å²) in [5, 5.41) is 10.2. The van der Waals surface area contributed by atoms with Gasteiger partial charge in [0.1, 0.15) is 11.5 Å². The van der Waals surface area contributed by atoms with Crippen molar-refractivity contribution in [2.24, 2.45) is 0 Å². The molecule has 0 aliphatic heterocycles. The zero-order valence-corrected chi connectivity index (χ0v) is 18.7. The summed E-state index contributed by atoms with van der Waals surface area (Å²) in [4.78, 5) is 25.8. The van der Waals surface area contributed by atoms with Crippen LogP contribution in [0.2, 0.25) is 0 Å². The van der Waals surface area contributed by atoms with Crippen molar-refractivity contribution >= 4 is 11.8 Å². The number of aryl methyl sites for hydroxylation is 1. The molecular weight excluding hydrogens is 423 g/mol. The van der Waals surface area contributed by atoms with Gasteiger partial charge in [-0.3, -0.25) is 9.59 Å². The molecule has 1 aliphatic rings. The molecule has 1 heterocycles. The van der Waals surface area contributed by atoms with Crippen molar-refractivity contribution in [2.45, 2.75) is 44.7 Å². The van der Waals surface area contributed by atoms with Gasteiger partial charge in [-0.25, -0.2) is 4.39 Å². The van der Waals surface area contributed by atoms with Crippen LogP contribution in [-0.4, -0.2) is 34.7 Å². The van der Waals surface area contributed by atoms with Crippen LogP contribution in [-0.2, 0) is 4.79 Å². The monoisotopic (exact) mass is 450 g/mol. The van der Waals surface area contributed by atoms with Crippen molar-refractivity contribution in [3.8, 4) is 11.6 Å². The number of nitrogens with one attached hydrogen (secondary N) is 2. The van der Waals surface area contributed by atoms with E-state index >= 15 is 0 Å². The first-order valence-corrected chi connectivity index (χ1v) is 11.0. The average Bonchev–Trinajstić information content (AvgIpc) is 3.21. The third-order valence-electron chi connectivity index (χ3n) is 5.93. The molecule has 7 nitrogen and oxygen atoms in total. The number of ether oxygens (including phenoxy) is 1. The summed E-state index contributed by atoms with van der Waals surface area (Å²) in [5.41, 5.74) is 2.06. The second kappa shape index (κ2) is 9.85. The predicted octanol–water partition coefficient (Wildman–Crippen LogP) is 3.86. The summed E-state index contributed by atoms with van der Waals surface area (Å²) in [7, 11) is 1.43. The second-order valence-electron chi connectivity index (χ2n) is 8.22. The minimum atomic E-state index is -0.539. The molecule has 0 unspecified atom stereocenters. The van der Waals surface area contributed by atoms with Crippen molar-refractivity contribution < 1.29 is 18.7 Å². The number of hydrogen-bond donors (Lipinski definition) is 2. The van der Waals surface area contributed by atoms with E-state index in [1.54, 1.807) is 18.2 Å². The molecule has 0 radical (unpaired) electrons. The van der Waals surface area contributed by atoms with Crippen LogP contribution >= 0.6 is 0 Å². The van der Waals surface area contributed by atoms with Crippen LogP contribution in [0.15, 0.2) is 54.6 Å². The molecule has 33 heavy (non-hydrogen) atoms. The lowest BCUT2D eigenvalue weighted by molar-refractivity contribution is -0.122. The summed E-state index contributed by atoms with van der Waals surface area (Å²) in [6, 6.07) is 14.9. The Morgan fingerprint density at radius 2 is 1.91 bits per heavy atom. The number of para-hydroxylation sites is 1. The molecule has 172 valence electrons. The number of aromatic nitrogens is 2. The number of methoxy groups -OCH3 is 1. The Balaban J connectivity index is 1.58. The highest BCUT2D eigenvalue weighted by molar-refractivity contribution is 5.93. The van der Waals surface area contributed by atoms with E-state index in [2.05, 4.69) is 15.7 Å².